The van der Waals surface area contributed by atoms with E-state index < -0.39 is 0 Å². The van der Waals surface area contributed by atoms with Crippen LogP contribution in [0.3, 0.4) is 0 Å². The number of benzene rings is 2. The van der Waals surface area contributed by atoms with Crippen LogP contribution in [-0.2, 0) is 0 Å². The molecule has 4 nitrogen and oxygen atoms in total. The molecule has 5 heteroatoms. The van der Waals surface area contributed by atoms with E-state index >= 15 is 0 Å². The lowest BCUT2D eigenvalue weighted by molar-refractivity contribution is 0.336. The largest absolute Gasteiger partial charge is 0.479 e. The highest BCUT2D eigenvalue weighted by molar-refractivity contribution is 6.31. The quantitative estimate of drug-likeness (QED) is 0.686. The molecule has 0 unspecified atom stereocenters. The number of nitrogens with zero attached hydrogens (tertiary/aromatic N) is 2. The fourth-order valence-corrected chi connectivity index (χ4v) is 2.91. The van der Waals surface area contributed by atoms with Crippen LogP contribution in [0.1, 0.15) is 18.2 Å². The average molecular weight is 337 g/mol. The van der Waals surface area contributed by atoms with Crippen LogP contribution in [0, 0.1) is 0 Å². The minimum atomic E-state index is -0.227. The fraction of sp³-hybridized carbons (Fsp3) is 0.0526. The highest BCUT2D eigenvalue weighted by Gasteiger charge is 2.20. The molecule has 1 aromatic heterocycles. The molecule has 1 aliphatic heterocycles. The lowest BCUT2D eigenvalue weighted by atomic mass is 10.0. The number of allylic oxidation sites excluding steroid dienone is 1. The number of aromatic nitrogens is 1. The Bertz CT molecular complexity index is 1000. The Morgan fingerprint density at radius 3 is 2.79 bits per heavy atom. The van der Waals surface area contributed by atoms with Gasteiger partial charge in [0.15, 0.2) is 0 Å². The Balaban J connectivity index is 1.78. The van der Waals surface area contributed by atoms with Crippen molar-refractivity contribution in [2.24, 2.45) is 4.99 Å². The maximum atomic E-state index is 10.1. The van der Waals surface area contributed by atoms with Crippen molar-refractivity contribution in [2.75, 3.05) is 0 Å². The van der Waals surface area contributed by atoms with Crippen molar-refractivity contribution in [3.05, 3.63) is 64.8 Å². The summed E-state index contributed by atoms with van der Waals surface area (Å²) in [6, 6.07) is 15.0. The van der Waals surface area contributed by atoms with Gasteiger partial charge in [-0.25, -0.2) is 4.98 Å². The second-order valence-corrected chi connectivity index (χ2v) is 5.93. The third-order valence-corrected chi connectivity index (χ3v) is 4.09. The first-order valence-corrected chi connectivity index (χ1v) is 7.82. The van der Waals surface area contributed by atoms with Crippen LogP contribution in [-0.4, -0.2) is 15.8 Å². The highest BCUT2D eigenvalue weighted by atomic mass is 35.5. The molecule has 0 radical (unpaired) electrons. The Hall–Kier alpha value is -2.85. The molecule has 0 aliphatic carbocycles. The molecule has 0 fully saturated rings. The molecule has 1 aliphatic rings. The molecule has 4 rings (SSSR count). The van der Waals surface area contributed by atoms with Crippen LogP contribution in [0.4, 0.5) is 5.69 Å². The van der Waals surface area contributed by atoms with E-state index in [1.165, 1.54) is 0 Å². The summed E-state index contributed by atoms with van der Waals surface area (Å²) in [7, 11) is 0. The number of halogens is 1. The number of hydrogen-bond donors (Lipinski definition) is 1. The van der Waals surface area contributed by atoms with Gasteiger partial charge < -0.3 is 9.52 Å². The maximum Gasteiger partial charge on any atom is 0.310 e. The molecule has 0 spiro atoms. The second kappa shape index (κ2) is 5.65. The predicted molar refractivity (Wildman–Crippen MR) is 95.7 cm³/mol. The highest BCUT2D eigenvalue weighted by Crippen LogP contribution is 2.37. The Kier molecular flexibility index (Phi) is 3.47. The summed E-state index contributed by atoms with van der Waals surface area (Å²) in [5, 5.41) is 10.7. The summed E-state index contributed by atoms with van der Waals surface area (Å²) < 4.78 is 5.39. The van der Waals surface area contributed by atoms with Gasteiger partial charge in [-0.15, -0.1) is 0 Å². The first-order valence-electron chi connectivity index (χ1n) is 7.44. The molecule has 0 bridgehead atoms. The van der Waals surface area contributed by atoms with Crippen molar-refractivity contribution in [2.45, 2.75) is 6.92 Å². The zero-order valence-electron chi connectivity index (χ0n) is 12.8. The molecule has 3 aromatic rings. The van der Waals surface area contributed by atoms with Gasteiger partial charge in [0.1, 0.15) is 5.69 Å². The van der Waals surface area contributed by atoms with Crippen molar-refractivity contribution in [3.63, 3.8) is 0 Å². The minimum Gasteiger partial charge on any atom is -0.479 e. The molecule has 1 N–H and O–H groups in total. The molecule has 2 heterocycles. The first kappa shape index (κ1) is 14.7. The number of hydrogen-bond acceptors (Lipinski definition) is 4. The molecule has 0 atom stereocenters. The van der Waals surface area contributed by atoms with Crippen molar-refractivity contribution < 1.29 is 9.52 Å². The summed E-state index contributed by atoms with van der Waals surface area (Å²) in [5.41, 5.74) is 4.81. The van der Waals surface area contributed by atoms with Crippen LogP contribution in [0.2, 0.25) is 5.02 Å². The van der Waals surface area contributed by atoms with E-state index in [2.05, 4.69) is 9.98 Å². The molecule has 0 amide bonds. The number of fused-ring (bicyclic) bond motifs is 1. The fourth-order valence-electron chi connectivity index (χ4n) is 2.72. The third-order valence-electron chi connectivity index (χ3n) is 3.86. The molecule has 0 saturated heterocycles. The van der Waals surface area contributed by atoms with E-state index in [1.807, 2.05) is 37.3 Å². The summed E-state index contributed by atoms with van der Waals surface area (Å²) in [5.74, 6) is 0.0948. The van der Waals surface area contributed by atoms with Crippen LogP contribution >= 0.6 is 11.6 Å². The van der Waals surface area contributed by atoms with Gasteiger partial charge in [0.05, 0.1) is 5.69 Å². The van der Waals surface area contributed by atoms with Gasteiger partial charge in [-0.05, 0) is 37.3 Å². The smallest absolute Gasteiger partial charge is 0.310 e. The number of aliphatic imine (C=N–C) groups is 1. The van der Waals surface area contributed by atoms with Crippen LogP contribution < -0.4 is 0 Å². The van der Waals surface area contributed by atoms with Crippen LogP contribution in [0.25, 0.3) is 23.1 Å². The number of para-hydroxylation sites is 1. The van der Waals surface area contributed by atoms with Gasteiger partial charge in [0.2, 0.25) is 5.89 Å². The lowest BCUT2D eigenvalue weighted by Crippen LogP contribution is -1.90. The zero-order valence-corrected chi connectivity index (χ0v) is 13.6. The number of aromatic hydroxyl groups is 1. The molecular weight excluding hydrogens is 324 g/mol. The normalized spacial score (nSPS) is 14.8. The van der Waals surface area contributed by atoms with E-state index in [1.54, 1.807) is 24.3 Å². The average Bonchev–Trinajstić information content (AvgIpc) is 3.09. The van der Waals surface area contributed by atoms with E-state index in [9.17, 15) is 5.11 Å². The van der Waals surface area contributed by atoms with Crippen molar-refractivity contribution >= 4 is 34.6 Å². The molecule has 24 heavy (non-hydrogen) atoms. The maximum absolute atomic E-state index is 10.1. The van der Waals surface area contributed by atoms with Crippen LogP contribution in [0.5, 0.6) is 5.95 Å². The SMILES string of the molecule is CC1=Nc2ccccc2C1=Cc1nc(-c2cccc(Cl)c2)oc1O. The van der Waals surface area contributed by atoms with Crippen molar-refractivity contribution in [1.82, 2.24) is 4.98 Å². The van der Waals surface area contributed by atoms with Gasteiger partial charge in [-0.1, -0.05) is 35.9 Å². The van der Waals surface area contributed by atoms with Crippen molar-refractivity contribution in [3.8, 4) is 17.4 Å². The third kappa shape index (κ3) is 2.51. The molecule has 2 aromatic carbocycles. The first-order chi connectivity index (χ1) is 11.6. The van der Waals surface area contributed by atoms with Gasteiger partial charge in [0, 0.05) is 27.4 Å². The molecule has 118 valence electrons. The number of oxazole rings is 1. The summed E-state index contributed by atoms with van der Waals surface area (Å²) in [4.78, 5) is 8.91. The topological polar surface area (TPSA) is 58.6 Å². The van der Waals surface area contributed by atoms with Gasteiger partial charge >= 0.3 is 5.95 Å². The van der Waals surface area contributed by atoms with Gasteiger partial charge in [-0.3, -0.25) is 4.99 Å². The second-order valence-electron chi connectivity index (χ2n) is 5.49. The van der Waals surface area contributed by atoms with E-state index in [4.69, 9.17) is 16.0 Å². The Morgan fingerprint density at radius 1 is 1.12 bits per heavy atom. The number of rotatable bonds is 2. The minimum absolute atomic E-state index is 0.227. The molecular formula is C19H13ClN2O2. The van der Waals surface area contributed by atoms with Crippen LogP contribution in [0.15, 0.2) is 57.9 Å². The summed E-state index contributed by atoms with van der Waals surface area (Å²) in [6.45, 7) is 1.93. The monoisotopic (exact) mass is 336 g/mol. The zero-order chi connectivity index (χ0) is 16.7. The Labute approximate surface area is 143 Å². The molecule has 0 saturated carbocycles. The van der Waals surface area contributed by atoms with Crippen molar-refractivity contribution in [1.29, 1.82) is 0 Å². The van der Waals surface area contributed by atoms with E-state index in [0.717, 1.165) is 22.5 Å². The predicted octanol–water partition coefficient (Wildman–Crippen LogP) is 5.35. The van der Waals surface area contributed by atoms with E-state index in [0.29, 0.717) is 22.2 Å². The van der Waals surface area contributed by atoms with E-state index in [-0.39, 0.29) is 5.95 Å². The summed E-state index contributed by atoms with van der Waals surface area (Å²) >= 11 is 5.99. The van der Waals surface area contributed by atoms with Gasteiger partial charge in [-0.2, -0.15) is 0 Å². The van der Waals surface area contributed by atoms with Gasteiger partial charge in [0.25, 0.3) is 0 Å². The Morgan fingerprint density at radius 2 is 1.96 bits per heavy atom. The lowest BCUT2D eigenvalue weighted by Gasteiger charge is -1.99. The summed E-state index contributed by atoms with van der Waals surface area (Å²) in [6.07, 6.45) is 1.79. The standard InChI is InChI=1S/C19H13ClN2O2/c1-11-15(14-7-2-3-8-16(14)21-11)10-17-19(23)24-18(22-17)12-5-4-6-13(20)9-12/h2-10,23H,1H3.